The van der Waals surface area contributed by atoms with Crippen LogP contribution in [-0.4, -0.2) is 26.5 Å². The second-order valence-corrected chi connectivity index (χ2v) is 7.18. The van der Waals surface area contributed by atoms with Crippen molar-refractivity contribution >= 4 is 22.4 Å². The number of sulfonamides is 1. The molecule has 118 valence electrons. The monoisotopic (exact) mass is 338 g/mol. The van der Waals surface area contributed by atoms with Crippen LogP contribution in [0.5, 0.6) is 0 Å². The Kier molecular flexibility index (Phi) is 4.87. The van der Waals surface area contributed by atoms with E-state index >= 15 is 0 Å². The summed E-state index contributed by atoms with van der Waals surface area (Å²) >= 11 is 0. The van der Waals surface area contributed by atoms with Crippen molar-refractivity contribution in [3.63, 3.8) is 0 Å². The van der Waals surface area contributed by atoms with Gasteiger partial charge in [0.1, 0.15) is 16.5 Å². The quantitative estimate of drug-likeness (QED) is 0.885. The average molecular weight is 339 g/mol. The van der Waals surface area contributed by atoms with Gasteiger partial charge in [0.05, 0.1) is 0 Å². The van der Waals surface area contributed by atoms with Gasteiger partial charge < -0.3 is 5.32 Å². The number of nitrogens with one attached hydrogen (secondary N) is 2. The second kappa shape index (κ2) is 6.16. The largest absolute Gasteiger partial charge is 0.311 e. The van der Waals surface area contributed by atoms with Crippen LogP contribution in [0.4, 0.5) is 8.78 Å². The number of fused-ring (bicyclic) bond motifs is 2. The number of piperidine rings is 1. The lowest BCUT2D eigenvalue weighted by Crippen LogP contribution is -2.48. The van der Waals surface area contributed by atoms with Crippen molar-refractivity contribution in [2.24, 2.45) is 0 Å². The van der Waals surface area contributed by atoms with Crippen LogP contribution in [0.25, 0.3) is 0 Å². The van der Waals surface area contributed by atoms with Gasteiger partial charge in [0.2, 0.25) is 10.0 Å². The van der Waals surface area contributed by atoms with Gasteiger partial charge in [-0.1, -0.05) is 0 Å². The van der Waals surface area contributed by atoms with E-state index in [9.17, 15) is 17.2 Å². The lowest BCUT2D eigenvalue weighted by molar-refractivity contribution is 0.345. The summed E-state index contributed by atoms with van der Waals surface area (Å²) in [6.45, 7) is 0. The Bertz CT molecular complexity index is 615. The van der Waals surface area contributed by atoms with Gasteiger partial charge in [0.15, 0.2) is 0 Å². The Morgan fingerprint density at radius 1 is 1.14 bits per heavy atom. The predicted molar refractivity (Wildman–Crippen MR) is 76.9 cm³/mol. The van der Waals surface area contributed by atoms with E-state index in [1.54, 1.807) is 0 Å². The summed E-state index contributed by atoms with van der Waals surface area (Å²) in [6.07, 6.45) is 3.45. The van der Waals surface area contributed by atoms with Crippen molar-refractivity contribution in [1.29, 1.82) is 0 Å². The van der Waals surface area contributed by atoms with Crippen LogP contribution < -0.4 is 10.0 Å². The summed E-state index contributed by atoms with van der Waals surface area (Å²) < 4.78 is 53.6. The van der Waals surface area contributed by atoms with Gasteiger partial charge in [-0.15, -0.1) is 12.4 Å². The molecule has 2 heterocycles. The highest BCUT2D eigenvalue weighted by Gasteiger charge is 2.35. The van der Waals surface area contributed by atoms with E-state index in [4.69, 9.17) is 0 Å². The predicted octanol–water partition coefficient (Wildman–Crippen LogP) is 1.95. The van der Waals surface area contributed by atoms with E-state index in [-0.39, 0.29) is 18.4 Å². The lowest BCUT2D eigenvalue weighted by Gasteiger charge is -2.29. The summed E-state index contributed by atoms with van der Waals surface area (Å²) in [4.78, 5) is -0.622. The van der Waals surface area contributed by atoms with Crippen LogP contribution in [-0.2, 0) is 10.0 Å². The van der Waals surface area contributed by atoms with E-state index in [0.29, 0.717) is 31.0 Å². The molecule has 0 aliphatic carbocycles. The van der Waals surface area contributed by atoms with Crippen LogP contribution in [0.2, 0.25) is 0 Å². The number of hydrogen-bond donors (Lipinski definition) is 2. The maximum atomic E-state index is 13.6. The normalized spacial score (nSPS) is 28.2. The van der Waals surface area contributed by atoms with Gasteiger partial charge in [0, 0.05) is 18.1 Å². The zero-order valence-electron chi connectivity index (χ0n) is 11.2. The van der Waals surface area contributed by atoms with Crippen molar-refractivity contribution in [3.05, 3.63) is 29.8 Å². The molecule has 8 heteroatoms. The van der Waals surface area contributed by atoms with Crippen molar-refractivity contribution in [2.75, 3.05) is 0 Å². The highest BCUT2D eigenvalue weighted by molar-refractivity contribution is 7.89. The third kappa shape index (κ3) is 3.53. The molecule has 1 aromatic rings. The number of benzene rings is 1. The average Bonchev–Trinajstić information content (AvgIpc) is 2.71. The van der Waals surface area contributed by atoms with E-state index in [2.05, 4.69) is 10.0 Å². The van der Waals surface area contributed by atoms with E-state index < -0.39 is 26.6 Å². The molecular weight excluding hydrogens is 322 g/mol. The Balaban J connectivity index is 0.00000161. The Hall–Kier alpha value is -0.760. The Morgan fingerprint density at radius 2 is 1.76 bits per heavy atom. The zero-order chi connectivity index (χ0) is 14.3. The van der Waals surface area contributed by atoms with Gasteiger partial charge in [0.25, 0.3) is 0 Å². The first-order chi connectivity index (χ1) is 9.44. The van der Waals surface area contributed by atoms with Gasteiger partial charge >= 0.3 is 0 Å². The maximum Gasteiger partial charge on any atom is 0.243 e. The topological polar surface area (TPSA) is 58.2 Å². The van der Waals surface area contributed by atoms with Crippen LogP contribution in [0.15, 0.2) is 23.1 Å². The highest BCUT2D eigenvalue weighted by Crippen LogP contribution is 2.28. The van der Waals surface area contributed by atoms with Gasteiger partial charge in [-0.25, -0.2) is 21.9 Å². The Labute approximate surface area is 128 Å². The van der Waals surface area contributed by atoms with Crippen LogP contribution in [0.3, 0.4) is 0 Å². The molecule has 0 aromatic heterocycles. The van der Waals surface area contributed by atoms with Crippen molar-refractivity contribution in [1.82, 2.24) is 10.0 Å². The molecule has 2 aliphatic heterocycles. The van der Waals surface area contributed by atoms with Crippen molar-refractivity contribution in [2.45, 2.75) is 48.7 Å². The summed E-state index contributed by atoms with van der Waals surface area (Å²) in [6, 6.07) is 2.86. The van der Waals surface area contributed by atoms with Crippen LogP contribution in [0.1, 0.15) is 25.7 Å². The van der Waals surface area contributed by atoms with Gasteiger partial charge in [-0.3, -0.25) is 0 Å². The fourth-order valence-electron chi connectivity index (χ4n) is 3.12. The molecule has 0 amide bonds. The molecule has 3 rings (SSSR count). The SMILES string of the molecule is Cl.O=S(=O)(NC1CC2CCC(C1)N2)c1cc(F)ccc1F. The first-order valence-corrected chi connectivity index (χ1v) is 8.16. The minimum absolute atomic E-state index is 0. The molecule has 4 nitrogen and oxygen atoms in total. The smallest absolute Gasteiger partial charge is 0.243 e. The zero-order valence-corrected chi connectivity index (χ0v) is 12.8. The lowest BCUT2D eigenvalue weighted by atomic mass is 10.0. The standard InChI is InChI=1S/C13H16F2N2O2S.ClH/c14-8-1-4-12(15)13(5-8)20(18,19)17-11-6-9-2-3-10(7-11)16-9;/h1,4-5,9-11,16-17H,2-3,6-7H2;1H. The summed E-state index contributed by atoms with van der Waals surface area (Å²) in [5.41, 5.74) is 0. The minimum Gasteiger partial charge on any atom is -0.311 e. The fourth-order valence-corrected chi connectivity index (χ4v) is 4.47. The molecule has 2 aliphatic rings. The van der Waals surface area contributed by atoms with E-state index in [0.717, 1.165) is 25.0 Å². The number of hydrogen-bond acceptors (Lipinski definition) is 3. The number of halogens is 3. The molecule has 0 spiro atoms. The molecule has 2 N–H and O–H groups in total. The van der Waals surface area contributed by atoms with Crippen molar-refractivity contribution < 1.29 is 17.2 Å². The van der Waals surface area contributed by atoms with Crippen LogP contribution in [0, 0.1) is 11.6 Å². The van der Waals surface area contributed by atoms with Crippen LogP contribution >= 0.6 is 12.4 Å². The van der Waals surface area contributed by atoms with E-state index in [1.807, 2.05) is 0 Å². The molecular formula is C13H17ClF2N2O2S. The van der Waals surface area contributed by atoms with Gasteiger partial charge in [-0.2, -0.15) is 0 Å². The summed E-state index contributed by atoms with van der Waals surface area (Å²) in [5.74, 6) is -1.70. The summed E-state index contributed by atoms with van der Waals surface area (Å²) in [7, 11) is -4.02. The highest BCUT2D eigenvalue weighted by atomic mass is 35.5. The molecule has 2 atom stereocenters. The molecule has 0 radical (unpaired) electrons. The molecule has 21 heavy (non-hydrogen) atoms. The summed E-state index contributed by atoms with van der Waals surface area (Å²) in [5, 5.41) is 3.40. The molecule has 2 unspecified atom stereocenters. The molecule has 2 fully saturated rings. The Morgan fingerprint density at radius 3 is 2.38 bits per heavy atom. The maximum absolute atomic E-state index is 13.6. The first kappa shape index (κ1) is 16.6. The fraction of sp³-hybridized carbons (Fsp3) is 0.538. The third-order valence-electron chi connectivity index (χ3n) is 3.98. The van der Waals surface area contributed by atoms with Gasteiger partial charge in [-0.05, 0) is 43.9 Å². The van der Waals surface area contributed by atoms with E-state index in [1.165, 1.54) is 0 Å². The van der Waals surface area contributed by atoms with Crippen molar-refractivity contribution in [3.8, 4) is 0 Å². The number of rotatable bonds is 3. The minimum atomic E-state index is -4.02. The molecule has 2 saturated heterocycles. The molecule has 1 aromatic carbocycles. The molecule has 0 saturated carbocycles. The molecule has 2 bridgehead atoms. The first-order valence-electron chi connectivity index (χ1n) is 6.67. The second-order valence-electron chi connectivity index (χ2n) is 5.50. The third-order valence-corrected chi connectivity index (χ3v) is 5.51.